The summed E-state index contributed by atoms with van der Waals surface area (Å²) in [6, 6.07) is -0.440. The minimum Gasteiger partial charge on any atom is -0.352 e. The Labute approximate surface area is 119 Å². The predicted molar refractivity (Wildman–Crippen MR) is 75.9 cm³/mol. The summed E-state index contributed by atoms with van der Waals surface area (Å²) in [5.74, 6) is -0.337. The summed E-state index contributed by atoms with van der Waals surface area (Å²) in [4.78, 5) is 25.4. The zero-order valence-corrected chi connectivity index (χ0v) is 12.7. The Morgan fingerprint density at radius 1 is 1.45 bits per heavy atom. The molecule has 1 heterocycles. The third-order valence-corrected chi connectivity index (χ3v) is 2.80. The van der Waals surface area contributed by atoms with Gasteiger partial charge in [-0.2, -0.15) is 5.10 Å². The zero-order chi connectivity index (χ0) is 15.3. The number of hydrogen-bond acceptors (Lipinski definition) is 4. The summed E-state index contributed by atoms with van der Waals surface area (Å²) in [5.41, 5.74) is 0.774. The lowest BCUT2D eigenvalue weighted by Crippen LogP contribution is -2.44. The Bertz CT molecular complexity index is 469. The van der Waals surface area contributed by atoms with Crippen molar-refractivity contribution in [1.29, 1.82) is 0 Å². The molecular formula is C13H23N5O2. The molecule has 1 unspecified atom stereocenters. The fourth-order valence-corrected chi connectivity index (χ4v) is 1.90. The second-order valence-corrected chi connectivity index (χ2v) is 5.09. The first-order valence-electron chi connectivity index (χ1n) is 6.55. The minimum atomic E-state index is -0.499. The first-order valence-corrected chi connectivity index (χ1v) is 6.55. The summed E-state index contributed by atoms with van der Waals surface area (Å²) < 4.78 is 1.64. The molecule has 7 heteroatoms. The Kier molecular flexibility index (Phi) is 5.69. The van der Waals surface area contributed by atoms with Crippen molar-refractivity contribution in [3.05, 3.63) is 18.0 Å². The number of carbonyl (C=O) groups excluding carboxylic acids is 2. The topological polar surface area (TPSA) is 79.3 Å². The number of nitrogens with zero attached hydrogens (tertiary/aromatic N) is 3. The lowest BCUT2D eigenvalue weighted by Gasteiger charge is -2.23. The van der Waals surface area contributed by atoms with Crippen LogP contribution in [-0.4, -0.2) is 53.2 Å². The van der Waals surface area contributed by atoms with Crippen LogP contribution >= 0.6 is 0 Å². The second kappa shape index (κ2) is 7.04. The smallest absolute Gasteiger partial charge is 0.244 e. The summed E-state index contributed by atoms with van der Waals surface area (Å²) in [6.07, 6.45) is 3.42. The summed E-state index contributed by atoms with van der Waals surface area (Å²) >= 11 is 0. The van der Waals surface area contributed by atoms with Crippen molar-refractivity contribution in [2.75, 3.05) is 20.6 Å². The molecule has 0 radical (unpaired) electrons. The third-order valence-electron chi connectivity index (χ3n) is 2.80. The zero-order valence-electron chi connectivity index (χ0n) is 12.7. The lowest BCUT2D eigenvalue weighted by molar-refractivity contribution is -0.136. The highest BCUT2D eigenvalue weighted by molar-refractivity contribution is 5.88. The molecule has 7 nitrogen and oxygen atoms in total. The average molecular weight is 281 g/mol. The number of nitrogens with one attached hydrogen (secondary N) is 2. The van der Waals surface area contributed by atoms with Gasteiger partial charge in [0.1, 0.15) is 6.04 Å². The monoisotopic (exact) mass is 281 g/mol. The maximum absolute atomic E-state index is 12.4. The number of likely N-dealkylation sites (N-methyl/N-ethyl adjacent to an activating group) is 2. The van der Waals surface area contributed by atoms with Crippen LogP contribution in [0, 0.1) is 0 Å². The van der Waals surface area contributed by atoms with Crippen molar-refractivity contribution in [3.63, 3.8) is 0 Å². The van der Waals surface area contributed by atoms with Crippen molar-refractivity contribution >= 4 is 11.8 Å². The van der Waals surface area contributed by atoms with Gasteiger partial charge in [-0.05, 0) is 20.9 Å². The molecule has 0 spiro atoms. The van der Waals surface area contributed by atoms with Crippen molar-refractivity contribution in [1.82, 2.24) is 25.3 Å². The Morgan fingerprint density at radius 3 is 2.55 bits per heavy atom. The van der Waals surface area contributed by atoms with E-state index in [-0.39, 0.29) is 24.4 Å². The summed E-state index contributed by atoms with van der Waals surface area (Å²) in [6.45, 7) is 3.80. The van der Waals surface area contributed by atoms with Crippen molar-refractivity contribution in [2.45, 2.75) is 25.9 Å². The highest BCUT2D eigenvalue weighted by Crippen LogP contribution is 2.13. The van der Waals surface area contributed by atoms with E-state index in [1.165, 1.54) is 4.90 Å². The highest BCUT2D eigenvalue weighted by Gasteiger charge is 2.24. The van der Waals surface area contributed by atoms with Crippen LogP contribution in [0.1, 0.15) is 25.5 Å². The van der Waals surface area contributed by atoms with Crippen molar-refractivity contribution in [2.24, 2.45) is 7.05 Å². The van der Waals surface area contributed by atoms with Gasteiger partial charge in [0.2, 0.25) is 11.8 Å². The van der Waals surface area contributed by atoms with E-state index in [1.54, 1.807) is 38.2 Å². The number of amides is 2. The molecule has 0 saturated heterocycles. The molecule has 0 aliphatic heterocycles. The van der Waals surface area contributed by atoms with Gasteiger partial charge in [-0.1, -0.05) is 0 Å². The molecule has 0 aliphatic rings. The highest BCUT2D eigenvalue weighted by atomic mass is 16.2. The van der Waals surface area contributed by atoms with Crippen LogP contribution in [0.15, 0.2) is 12.4 Å². The molecular weight excluding hydrogens is 258 g/mol. The molecule has 20 heavy (non-hydrogen) atoms. The standard InChI is InChI=1S/C13H23N5O2/c1-9(2)16-11(19)8-17(4)13(20)12(14-3)10-6-15-18(5)7-10/h6-7,9,12,14H,8H2,1-5H3,(H,16,19). The SMILES string of the molecule is CNC(C(=O)N(C)CC(=O)NC(C)C)c1cnn(C)c1. The van der Waals surface area contributed by atoms with Gasteiger partial charge in [-0.3, -0.25) is 14.3 Å². The minimum absolute atomic E-state index is 0.0372. The van der Waals surface area contributed by atoms with Gasteiger partial charge in [0, 0.05) is 31.9 Å². The van der Waals surface area contributed by atoms with E-state index < -0.39 is 6.04 Å². The van der Waals surface area contributed by atoms with E-state index in [0.717, 1.165) is 5.56 Å². The first-order chi connectivity index (χ1) is 9.35. The second-order valence-electron chi connectivity index (χ2n) is 5.09. The van der Waals surface area contributed by atoms with E-state index in [4.69, 9.17) is 0 Å². The number of aryl methyl sites for hydroxylation is 1. The quantitative estimate of drug-likeness (QED) is 0.748. The molecule has 0 bridgehead atoms. The van der Waals surface area contributed by atoms with E-state index >= 15 is 0 Å². The summed E-state index contributed by atoms with van der Waals surface area (Å²) in [7, 11) is 5.11. The number of carbonyl (C=O) groups is 2. The van der Waals surface area contributed by atoms with Gasteiger partial charge < -0.3 is 15.5 Å². The van der Waals surface area contributed by atoms with Crippen LogP contribution in [0.5, 0.6) is 0 Å². The molecule has 2 N–H and O–H groups in total. The molecule has 2 amide bonds. The summed E-state index contributed by atoms with van der Waals surface area (Å²) in [5, 5.41) is 9.76. The van der Waals surface area contributed by atoms with Gasteiger partial charge >= 0.3 is 0 Å². The Hall–Kier alpha value is -1.89. The lowest BCUT2D eigenvalue weighted by atomic mass is 10.1. The molecule has 0 aromatic carbocycles. The first kappa shape index (κ1) is 16.2. The van der Waals surface area contributed by atoms with Crippen LogP contribution in [0.2, 0.25) is 0 Å². The molecule has 0 fully saturated rings. The molecule has 1 atom stereocenters. The molecule has 0 aliphatic carbocycles. The van der Waals surface area contributed by atoms with Gasteiger partial charge in [0.15, 0.2) is 0 Å². The fraction of sp³-hybridized carbons (Fsp3) is 0.615. The van der Waals surface area contributed by atoms with Crippen LogP contribution in [0.4, 0.5) is 0 Å². The van der Waals surface area contributed by atoms with Crippen molar-refractivity contribution < 1.29 is 9.59 Å². The Balaban J connectivity index is 2.69. The molecule has 1 aromatic heterocycles. The van der Waals surface area contributed by atoms with E-state index in [9.17, 15) is 9.59 Å². The van der Waals surface area contributed by atoms with E-state index in [0.29, 0.717) is 0 Å². The number of rotatable bonds is 6. The maximum atomic E-state index is 12.4. The molecule has 1 rings (SSSR count). The normalized spacial score (nSPS) is 12.3. The average Bonchev–Trinajstić information content (AvgIpc) is 2.75. The van der Waals surface area contributed by atoms with Gasteiger partial charge in [0.25, 0.3) is 0 Å². The Morgan fingerprint density at radius 2 is 2.10 bits per heavy atom. The van der Waals surface area contributed by atoms with Crippen LogP contribution in [0.25, 0.3) is 0 Å². The van der Waals surface area contributed by atoms with Crippen LogP contribution < -0.4 is 10.6 Å². The molecule has 0 saturated carbocycles. The van der Waals surface area contributed by atoms with Gasteiger partial charge in [-0.15, -0.1) is 0 Å². The molecule has 1 aromatic rings. The van der Waals surface area contributed by atoms with Crippen LogP contribution in [0.3, 0.4) is 0 Å². The predicted octanol–water partition coefficient (Wildman–Crippen LogP) is -0.336. The third kappa shape index (κ3) is 4.34. The largest absolute Gasteiger partial charge is 0.352 e. The fourth-order valence-electron chi connectivity index (χ4n) is 1.90. The van der Waals surface area contributed by atoms with Gasteiger partial charge in [0.05, 0.1) is 12.7 Å². The van der Waals surface area contributed by atoms with E-state index in [1.807, 2.05) is 13.8 Å². The number of hydrogen-bond donors (Lipinski definition) is 2. The number of aromatic nitrogens is 2. The van der Waals surface area contributed by atoms with Crippen molar-refractivity contribution in [3.8, 4) is 0 Å². The van der Waals surface area contributed by atoms with Crippen LogP contribution in [-0.2, 0) is 16.6 Å². The van der Waals surface area contributed by atoms with E-state index in [2.05, 4.69) is 15.7 Å². The molecule has 112 valence electrons. The van der Waals surface area contributed by atoms with Gasteiger partial charge in [-0.25, -0.2) is 0 Å². The maximum Gasteiger partial charge on any atom is 0.244 e.